The molecule has 10 nitrogen and oxygen atoms in total. The fourth-order valence-electron chi connectivity index (χ4n) is 1.46. The summed E-state index contributed by atoms with van der Waals surface area (Å²) in [6.45, 7) is 2.26. The monoisotopic (exact) mass is 282 g/mol. The summed E-state index contributed by atoms with van der Waals surface area (Å²) in [5.74, 6) is -1.17. The van der Waals surface area contributed by atoms with Gasteiger partial charge in [-0.15, -0.1) is 0 Å². The highest BCUT2D eigenvalue weighted by Crippen LogP contribution is 2.36. The Kier molecular flexibility index (Phi) is 4.31. The maximum atomic E-state index is 11.0. The van der Waals surface area contributed by atoms with Crippen LogP contribution in [0.5, 0.6) is 0 Å². The molecular weight excluding hydrogens is 272 g/mol. The Bertz CT molecular complexity index is 563. The number of nitro benzene ring substituents is 2. The van der Waals surface area contributed by atoms with Gasteiger partial charge in [-0.05, 0) is 6.07 Å². The smallest absolute Gasteiger partial charge is 0.299 e. The second-order valence-corrected chi connectivity index (χ2v) is 3.76. The van der Waals surface area contributed by atoms with Crippen molar-refractivity contribution in [2.45, 2.75) is 13.8 Å². The number of rotatable bonds is 4. The molecule has 0 aliphatic carbocycles. The Morgan fingerprint density at radius 1 is 0.900 bits per heavy atom. The van der Waals surface area contributed by atoms with Crippen LogP contribution in [-0.2, 0) is 9.59 Å². The zero-order valence-corrected chi connectivity index (χ0v) is 10.5. The molecule has 0 aliphatic rings. The molecule has 0 aliphatic heterocycles. The van der Waals surface area contributed by atoms with Crippen molar-refractivity contribution in [1.29, 1.82) is 0 Å². The summed E-state index contributed by atoms with van der Waals surface area (Å²) in [5.41, 5.74) is -1.75. The van der Waals surface area contributed by atoms with Gasteiger partial charge in [0.1, 0.15) is 11.4 Å². The molecule has 0 aromatic heterocycles. The van der Waals surface area contributed by atoms with E-state index < -0.39 is 33.0 Å². The van der Waals surface area contributed by atoms with Gasteiger partial charge in [0.05, 0.1) is 15.9 Å². The molecule has 0 fully saturated rings. The van der Waals surface area contributed by atoms with Gasteiger partial charge in [-0.2, -0.15) is 0 Å². The van der Waals surface area contributed by atoms with E-state index in [-0.39, 0.29) is 11.4 Å². The Labute approximate surface area is 112 Å². The second kappa shape index (κ2) is 5.73. The summed E-state index contributed by atoms with van der Waals surface area (Å²) in [7, 11) is 0. The molecule has 20 heavy (non-hydrogen) atoms. The number of carbonyl (C=O) groups excluding carboxylic acids is 2. The number of nitrogens with one attached hydrogen (secondary N) is 2. The summed E-state index contributed by atoms with van der Waals surface area (Å²) in [6.07, 6.45) is 0. The number of anilines is 2. The topological polar surface area (TPSA) is 144 Å². The summed E-state index contributed by atoms with van der Waals surface area (Å²) in [4.78, 5) is 42.0. The van der Waals surface area contributed by atoms with Crippen LogP contribution in [0.1, 0.15) is 13.8 Å². The molecule has 1 aromatic rings. The molecule has 2 N–H and O–H groups in total. The van der Waals surface area contributed by atoms with Crippen molar-refractivity contribution >= 4 is 34.6 Å². The van der Waals surface area contributed by atoms with E-state index in [1.165, 1.54) is 0 Å². The van der Waals surface area contributed by atoms with E-state index in [4.69, 9.17) is 0 Å². The molecule has 1 rings (SSSR count). The van der Waals surface area contributed by atoms with E-state index >= 15 is 0 Å². The lowest BCUT2D eigenvalue weighted by Gasteiger charge is -2.08. The maximum absolute atomic E-state index is 11.0. The van der Waals surface area contributed by atoms with E-state index in [9.17, 15) is 29.8 Å². The van der Waals surface area contributed by atoms with Crippen LogP contribution in [-0.4, -0.2) is 21.7 Å². The van der Waals surface area contributed by atoms with Gasteiger partial charge in [0.15, 0.2) is 0 Å². The number of amides is 2. The largest absolute Gasteiger partial charge is 0.321 e. The van der Waals surface area contributed by atoms with Gasteiger partial charge in [0.2, 0.25) is 11.8 Å². The summed E-state index contributed by atoms with van der Waals surface area (Å²) in [5, 5.41) is 26.1. The lowest BCUT2D eigenvalue weighted by Crippen LogP contribution is -2.12. The maximum Gasteiger partial charge on any atom is 0.299 e. The minimum Gasteiger partial charge on any atom is -0.321 e. The molecule has 10 heteroatoms. The first-order chi connectivity index (χ1) is 9.22. The molecule has 0 radical (unpaired) electrons. The standard InChI is InChI=1S/C10H10N4O6/c1-5(15)11-7-3-8(12-6(2)16)10(14(19)20)4-9(7)13(17)18/h3-4H,1-2H3,(H,11,15)(H,12,16). The number of hydrogen-bond donors (Lipinski definition) is 2. The number of carbonyl (C=O) groups is 2. The number of hydrogen-bond acceptors (Lipinski definition) is 6. The van der Waals surface area contributed by atoms with Crippen LogP contribution in [0.4, 0.5) is 22.7 Å². The fraction of sp³-hybridized carbons (Fsp3) is 0.200. The van der Waals surface area contributed by atoms with Gasteiger partial charge >= 0.3 is 0 Å². The van der Waals surface area contributed by atoms with Gasteiger partial charge in [-0.1, -0.05) is 0 Å². The third-order valence-electron chi connectivity index (χ3n) is 2.13. The highest BCUT2D eigenvalue weighted by Gasteiger charge is 2.25. The van der Waals surface area contributed by atoms with Gasteiger partial charge in [-0.25, -0.2) is 0 Å². The van der Waals surface area contributed by atoms with Gasteiger partial charge < -0.3 is 10.6 Å². The average Bonchev–Trinajstić information content (AvgIpc) is 2.26. The lowest BCUT2D eigenvalue weighted by molar-refractivity contribution is -0.393. The zero-order chi connectivity index (χ0) is 15.4. The molecule has 0 bridgehead atoms. The number of nitro groups is 2. The van der Waals surface area contributed by atoms with Crippen molar-refractivity contribution in [2.75, 3.05) is 10.6 Å². The third-order valence-corrected chi connectivity index (χ3v) is 2.13. The molecule has 0 heterocycles. The molecule has 0 saturated carbocycles. The molecule has 0 unspecified atom stereocenters. The van der Waals surface area contributed by atoms with Crippen molar-refractivity contribution in [3.8, 4) is 0 Å². The highest BCUT2D eigenvalue weighted by molar-refractivity contribution is 5.97. The first-order valence-corrected chi connectivity index (χ1v) is 5.24. The van der Waals surface area contributed by atoms with E-state index in [0.29, 0.717) is 6.07 Å². The number of benzene rings is 1. The first kappa shape index (κ1) is 15.0. The first-order valence-electron chi connectivity index (χ1n) is 5.24. The van der Waals surface area contributed by atoms with E-state index in [2.05, 4.69) is 10.6 Å². The van der Waals surface area contributed by atoms with Crippen LogP contribution in [0.3, 0.4) is 0 Å². The molecular formula is C10H10N4O6. The predicted octanol–water partition coefficient (Wildman–Crippen LogP) is 1.42. The highest BCUT2D eigenvalue weighted by atomic mass is 16.6. The van der Waals surface area contributed by atoms with E-state index in [1.807, 2.05) is 0 Å². The van der Waals surface area contributed by atoms with E-state index in [0.717, 1.165) is 19.9 Å². The molecule has 2 amide bonds. The molecule has 106 valence electrons. The Hall–Kier alpha value is -3.04. The SMILES string of the molecule is CC(=O)Nc1cc(NC(C)=O)c([N+](=O)[O-])cc1[N+](=O)[O-]. The molecule has 0 saturated heterocycles. The Morgan fingerprint density at radius 2 is 1.25 bits per heavy atom. The Balaban J connectivity index is 3.50. The van der Waals surface area contributed by atoms with Crippen LogP contribution >= 0.6 is 0 Å². The summed E-state index contributed by atoms with van der Waals surface area (Å²) in [6, 6.07) is 1.65. The normalized spacial score (nSPS) is 9.70. The fourth-order valence-corrected chi connectivity index (χ4v) is 1.46. The van der Waals surface area contributed by atoms with Crippen LogP contribution < -0.4 is 10.6 Å². The lowest BCUT2D eigenvalue weighted by atomic mass is 10.2. The van der Waals surface area contributed by atoms with Crippen LogP contribution in [0, 0.1) is 20.2 Å². The van der Waals surface area contributed by atoms with Crippen molar-refractivity contribution in [1.82, 2.24) is 0 Å². The molecule has 0 atom stereocenters. The summed E-state index contributed by atoms with van der Waals surface area (Å²) < 4.78 is 0. The third kappa shape index (κ3) is 3.48. The van der Waals surface area contributed by atoms with Gasteiger partial charge in [0.25, 0.3) is 11.4 Å². The Morgan fingerprint density at radius 3 is 1.50 bits per heavy atom. The molecule has 1 aromatic carbocycles. The number of nitrogens with zero attached hydrogens (tertiary/aromatic N) is 2. The van der Waals surface area contributed by atoms with E-state index in [1.54, 1.807) is 0 Å². The minimum atomic E-state index is -0.865. The van der Waals surface area contributed by atoms with Crippen LogP contribution in [0.25, 0.3) is 0 Å². The second-order valence-electron chi connectivity index (χ2n) is 3.76. The predicted molar refractivity (Wildman–Crippen MR) is 68.4 cm³/mol. The zero-order valence-electron chi connectivity index (χ0n) is 10.5. The molecule has 0 spiro atoms. The summed E-state index contributed by atoms with van der Waals surface area (Å²) >= 11 is 0. The van der Waals surface area contributed by atoms with Crippen molar-refractivity contribution in [3.63, 3.8) is 0 Å². The van der Waals surface area contributed by atoms with Gasteiger partial charge in [0, 0.05) is 13.8 Å². The van der Waals surface area contributed by atoms with Crippen LogP contribution in [0.2, 0.25) is 0 Å². The van der Waals surface area contributed by atoms with Crippen LogP contribution in [0.15, 0.2) is 12.1 Å². The van der Waals surface area contributed by atoms with Gasteiger partial charge in [-0.3, -0.25) is 29.8 Å². The quantitative estimate of drug-likeness (QED) is 0.631. The van der Waals surface area contributed by atoms with Crippen molar-refractivity contribution < 1.29 is 19.4 Å². The minimum absolute atomic E-state index is 0.239. The van der Waals surface area contributed by atoms with Crippen molar-refractivity contribution in [2.24, 2.45) is 0 Å². The van der Waals surface area contributed by atoms with Crippen molar-refractivity contribution in [3.05, 3.63) is 32.4 Å². The average molecular weight is 282 g/mol.